The summed E-state index contributed by atoms with van der Waals surface area (Å²) in [6.07, 6.45) is -3.23. The van der Waals surface area contributed by atoms with E-state index in [1.807, 2.05) is 30.3 Å². The number of amides is 2. The molecule has 3 saturated heterocycles. The van der Waals surface area contributed by atoms with Crippen LogP contribution in [0.5, 0.6) is 0 Å². The van der Waals surface area contributed by atoms with Gasteiger partial charge in [-0.2, -0.15) is 23.7 Å². The van der Waals surface area contributed by atoms with Crippen molar-refractivity contribution in [3.05, 3.63) is 65.2 Å². The van der Waals surface area contributed by atoms with Crippen molar-refractivity contribution in [1.29, 1.82) is 10.5 Å². The molecule has 0 N–H and O–H groups in total. The van der Waals surface area contributed by atoms with Gasteiger partial charge in [-0.15, -0.1) is 0 Å². The van der Waals surface area contributed by atoms with Gasteiger partial charge in [-0.1, -0.05) is 30.3 Å². The number of nitriles is 2. The van der Waals surface area contributed by atoms with Gasteiger partial charge in [-0.25, -0.2) is 4.90 Å². The molecule has 2 aromatic rings. The molecule has 3 aliphatic heterocycles. The summed E-state index contributed by atoms with van der Waals surface area (Å²) < 4.78 is 53.2. The second kappa shape index (κ2) is 9.54. The van der Waals surface area contributed by atoms with Crippen LogP contribution in [0.4, 0.5) is 18.9 Å². The molecular formula is C28H24F3N3O4. The molecule has 0 saturated carbocycles. The lowest BCUT2D eigenvalue weighted by molar-refractivity contribution is -0.138. The smallest absolute Gasteiger partial charge is 0.377 e. The van der Waals surface area contributed by atoms with Crippen LogP contribution < -0.4 is 4.90 Å². The quantitative estimate of drug-likeness (QED) is 0.360. The fraction of sp³-hybridized carbons (Fsp3) is 0.429. The first-order valence-electron chi connectivity index (χ1n) is 12.3. The molecule has 0 aromatic heterocycles. The minimum Gasteiger partial charge on any atom is -0.377 e. The fourth-order valence-corrected chi connectivity index (χ4v) is 6.30. The van der Waals surface area contributed by atoms with Gasteiger partial charge in [-0.05, 0) is 43.0 Å². The van der Waals surface area contributed by atoms with Crippen molar-refractivity contribution < 1.29 is 32.2 Å². The highest BCUT2D eigenvalue weighted by atomic mass is 19.4. The maximum atomic E-state index is 13.8. The zero-order valence-corrected chi connectivity index (χ0v) is 20.3. The summed E-state index contributed by atoms with van der Waals surface area (Å²) in [7, 11) is 0. The lowest BCUT2D eigenvalue weighted by Gasteiger charge is -2.31. The van der Waals surface area contributed by atoms with E-state index in [-0.39, 0.29) is 25.1 Å². The second-order valence-corrected chi connectivity index (χ2v) is 9.98. The van der Waals surface area contributed by atoms with Gasteiger partial charge in [0.25, 0.3) is 0 Å². The van der Waals surface area contributed by atoms with Crippen LogP contribution in [-0.2, 0) is 31.8 Å². The summed E-state index contributed by atoms with van der Waals surface area (Å²) in [6.45, 7) is 0.609. The first-order valence-corrected chi connectivity index (χ1v) is 12.3. The number of hydrogen-bond acceptors (Lipinski definition) is 6. The number of anilines is 1. The molecule has 3 aliphatic rings. The largest absolute Gasteiger partial charge is 0.417 e. The summed E-state index contributed by atoms with van der Waals surface area (Å²) in [5.74, 6) is -3.06. The average molecular weight is 524 g/mol. The summed E-state index contributed by atoms with van der Waals surface area (Å²) >= 11 is 0. The summed E-state index contributed by atoms with van der Waals surface area (Å²) in [5.41, 5.74) is -3.12. The lowest BCUT2D eigenvalue weighted by atomic mass is 9.65. The Morgan fingerprint density at radius 2 is 1.66 bits per heavy atom. The van der Waals surface area contributed by atoms with Crippen LogP contribution in [0.3, 0.4) is 0 Å². The van der Waals surface area contributed by atoms with E-state index in [1.54, 1.807) is 0 Å². The number of ether oxygens (including phenoxy) is 2. The van der Waals surface area contributed by atoms with Gasteiger partial charge < -0.3 is 9.47 Å². The molecule has 7 nitrogen and oxygen atoms in total. The van der Waals surface area contributed by atoms with E-state index in [1.165, 1.54) is 12.1 Å². The van der Waals surface area contributed by atoms with Gasteiger partial charge in [0, 0.05) is 19.4 Å². The Morgan fingerprint density at radius 3 is 2.26 bits per heavy atom. The van der Waals surface area contributed by atoms with Crippen molar-refractivity contribution in [3.63, 3.8) is 0 Å². The monoisotopic (exact) mass is 523 g/mol. The summed E-state index contributed by atoms with van der Waals surface area (Å²) in [4.78, 5) is 28.3. The Hall–Kier alpha value is -3.73. The molecule has 0 unspecified atom stereocenters. The van der Waals surface area contributed by atoms with Crippen LogP contribution in [0.2, 0.25) is 0 Å². The third-order valence-corrected chi connectivity index (χ3v) is 7.95. The number of fused-ring (bicyclic) bond motifs is 5. The average Bonchev–Trinajstić information content (AvgIpc) is 3.51. The molecule has 2 aromatic carbocycles. The van der Waals surface area contributed by atoms with Crippen molar-refractivity contribution in [2.24, 2.45) is 11.8 Å². The molecule has 38 heavy (non-hydrogen) atoms. The first kappa shape index (κ1) is 25.9. The third kappa shape index (κ3) is 4.14. The highest BCUT2D eigenvalue weighted by Gasteiger charge is 2.75. The number of carbonyl (C=O) groups is 2. The summed E-state index contributed by atoms with van der Waals surface area (Å²) in [5, 5.41) is 18.3. The van der Waals surface area contributed by atoms with Crippen LogP contribution in [0.1, 0.15) is 48.8 Å². The van der Waals surface area contributed by atoms with E-state index in [9.17, 15) is 28.0 Å². The number of alkyl halides is 3. The van der Waals surface area contributed by atoms with Crippen LogP contribution >= 0.6 is 0 Å². The molecule has 0 aliphatic carbocycles. The van der Waals surface area contributed by atoms with Crippen LogP contribution in [0, 0.1) is 34.5 Å². The zero-order chi connectivity index (χ0) is 27.1. The Kier molecular flexibility index (Phi) is 6.50. The minimum atomic E-state index is -4.84. The van der Waals surface area contributed by atoms with Gasteiger partial charge >= 0.3 is 6.18 Å². The standard InChI is InChI=1S/C28H24F3N3O4/c29-28(30,31)21-15-20(8-7-19(21)16-33)34-24(35)22-23(25(34)36)27(11-10-26(22,38-27)9-4-13-32)12-14-37-17-18-5-2-1-3-6-18/h1-3,5-8,15,22-23H,4,9-12,14,17H2/t22-,23+,26-,27-/m0/s1. The Labute approximate surface area is 217 Å². The molecule has 4 atom stereocenters. The SMILES string of the molecule is N#CCC[C@@]12CC[C@@](CCOCc3ccccc3)(O1)[C@H]1C(=O)N(c3ccc(C#N)c(C(F)(F)F)c3)C(=O)[C@H]12. The van der Waals surface area contributed by atoms with Crippen LogP contribution in [0.15, 0.2) is 48.5 Å². The van der Waals surface area contributed by atoms with E-state index in [4.69, 9.17) is 14.7 Å². The number of rotatable bonds is 8. The second-order valence-electron chi connectivity index (χ2n) is 9.98. The first-order chi connectivity index (χ1) is 18.2. The molecule has 3 fully saturated rings. The number of halogens is 3. The summed E-state index contributed by atoms with van der Waals surface area (Å²) in [6, 6.07) is 15.9. The van der Waals surface area contributed by atoms with Gasteiger partial charge in [0.05, 0.1) is 58.6 Å². The fourth-order valence-electron chi connectivity index (χ4n) is 6.30. The highest BCUT2D eigenvalue weighted by molar-refractivity contribution is 6.23. The maximum absolute atomic E-state index is 13.8. The van der Waals surface area contributed by atoms with E-state index in [0.717, 1.165) is 16.5 Å². The molecule has 0 spiro atoms. The van der Waals surface area contributed by atoms with Crippen molar-refractivity contribution in [1.82, 2.24) is 0 Å². The molecular weight excluding hydrogens is 499 g/mol. The van der Waals surface area contributed by atoms with Gasteiger partial charge in [0.15, 0.2) is 0 Å². The number of nitrogens with zero attached hydrogens (tertiary/aromatic N) is 3. The molecule has 2 bridgehead atoms. The van der Waals surface area contributed by atoms with Gasteiger partial charge in [0.1, 0.15) is 0 Å². The minimum absolute atomic E-state index is 0.111. The topological polar surface area (TPSA) is 103 Å². The van der Waals surface area contributed by atoms with E-state index < -0.39 is 52.2 Å². The van der Waals surface area contributed by atoms with E-state index >= 15 is 0 Å². The van der Waals surface area contributed by atoms with Gasteiger partial charge in [-0.3, -0.25) is 9.59 Å². The van der Waals surface area contributed by atoms with Crippen molar-refractivity contribution in [2.45, 2.75) is 56.1 Å². The van der Waals surface area contributed by atoms with E-state index in [0.29, 0.717) is 31.9 Å². The normalized spacial score (nSPS) is 27.9. The Bertz CT molecular complexity index is 1350. The number of imide groups is 1. The molecule has 0 radical (unpaired) electrons. The van der Waals surface area contributed by atoms with Crippen molar-refractivity contribution in [2.75, 3.05) is 11.5 Å². The molecule has 2 amide bonds. The molecule has 5 rings (SSSR count). The Morgan fingerprint density at radius 1 is 1.00 bits per heavy atom. The van der Waals surface area contributed by atoms with Crippen molar-refractivity contribution >= 4 is 17.5 Å². The number of benzene rings is 2. The molecule has 10 heteroatoms. The van der Waals surface area contributed by atoms with Crippen LogP contribution in [-0.4, -0.2) is 29.6 Å². The highest BCUT2D eigenvalue weighted by Crippen LogP contribution is 2.64. The molecule has 196 valence electrons. The predicted octanol–water partition coefficient (Wildman–Crippen LogP) is 4.89. The maximum Gasteiger partial charge on any atom is 0.417 e. The van der Waals surface area contributed by atoms with Gasteiger partial charge in [0.2, 0.25) is 11.8 Å². The third-order valence-electron chi connectivity index (χ3n) is 7.95. The van der Waals surface area contributed by atoms with Crippen LogP contribution in [0.25, 0.3) is 0 Å². The predicted molar refractivity (Wildman–Crippen MR) is 127 cm³/mol. The lowest BCUT2D eigenvalue weighted by Crippen LogP contribution is -2.43. The van der Waals surface area contributed by atoms with E-state index in [2.05, 4.69) is 6.07 Å². The number of hydrogen-bond donors (Lipinski definition) is 0. The zero-order valence-electron chi connectivity index (χ0n) is 20.3. The Balaban J connectivity index is 1.45. The molecule has 3 heterocycles. The van der Waals surface area contributed by atoms with Crippen molar-refractivity contribution in [3.8, 4) is 12.1 Å². The number of carbonyl (C=O) groups excluding carboxylic acids is 2.